The molecule has 0 radical (unpaired) electrons. The normalized spacial score (nSPS) is 14.0. The number of carbonyl (C=O) groups is 1. The number of piperazine rings is 1. The van der Waals surface area contributed by atoms with Crippen LogP contribution in [0.4, 0.5) is 5.82 Å². The quantitative estimate of drug-likeness (QED) is 0.402. The predicted octanol–water partition coefficient (Wildman–Crippen LogP) is 5.02. The van der Waals surface area contributed by atoms with Gasteiger partial charge in [-0.2, -0.15) is 5.10 Å². The van der Waals surface area contributed by atoms with E-state index in [0.29, 0.717) is 43.0 Å². The van der Waals surface area contributed by atoms with Gasteiger partial charge in [-0.15, -0.1) is 24.8 Å². The van der Waals surface area contributed by atoms with Crippen molar-refractivity contribution in [1.29, 1.82) is 0 Å². The lowest BCUT2D eigenvalue weighted by atomic mass is 10.2. The number of hydrogen-bond acceptors (Lipinski definition) is 5. The molecule has 190 valence electrons. The van der Waals surface area contributed by atoms with Crippen LogP contribution in [-0.2, 0) is 17.9 Å². The zero-order valence-corrected chi connectivity index (χ0v) is 22.6. The number of carbonyl (C=O) groups excluding carboxylic acids is 1. The summed E-state index contributed by atoms with van der Waals surface area (Å²) in [5.41, 5.74) is 3.10. The fraction of sp³-hybridized carbons (Fsp3) is 0.400. The molecule has 1 aliphatic rings. The molecule has 35 heavy (non-hydrogen) atoms. The molecule has 3 heterocycles. The van der Waals surface area contributed by atoms with Crippen molar-refractivity contribution in [3.63, 3.8) is 0 Å². The molecule has 2 aromatic heterocycles. The summed E-state index contributed by atoms with van der Waals surface area (Å²) in [5, 5.41) is 5.41. The third-order valence-electron chi connectivity index (χ3n) is 5.61. The molecule has 7 nitrogen and oxygen atoms in total. The predicted molar refractivity (Wildman–Crippen MR) is 144 cm³/mol. The number of amides is 1. The highest BCUT2D eigenvalue weighted by atomic mass is 35.5. The van der Waals surface area contributed by atoms with Crippen LogP contribution in [0.5, 0.6) is 5.75 Å². The number of nitrogens with zero attached hydrogens (tertiary/aromatic N) is 5. The van der Waals surface area contributed by atoms with E-state index in [4.69, 9.17) is 21.4 Å². The van der Waals surface area contributed by atoms with Crippen LogP contribution in [0.1, 0.15) is 30.7 Å². The number of hydrogen-bond donors (Lipinski definition) is 0. The first-order valence-corrected chi connectivity index (χ1v) is 11.6. The fourth-order valence-electron chi connectivity index (χ4n) is 3.86. The van der Waals surface area contributed by atoms with Crippen molar-refractivity contribution in [3.05, 3.63) is 70.6 Å². The number of aryl methyl sites for hydroxylation is 1. The maximum Gasteiger partial charge on any atom is 0.242 e. The van der Waals surface area contributed by atoms with Gasteiger partial charge in [-0.25, -0.2) is 0 Å². The molecule has 0 unspecified atom stereocenters. The summed E-state index contributed by atoms with van der Waals surface area (Å²) >= 11 is 6.26. The van der Waals surface area contributed by atoms with E-state index < -0.39 is 0 Å². The van der Waals surface area contributed by atoms with Crippen LogP contribution in [0.2, 0.25) is 5.02 Å². The van der Waals surface area contributed by atoms with Crippen LogP contribution in [0, 0.1) is 12.8 Å². The Labute approximate surface area is 224 Å². The summed E-state index contributed by atoms with van der Waals surface area (Å²) in [6.45, 7) is 9.91. The average Bonchev–Trinajstić information content (AvgIpc) is 3.13. The van der Waals surface area contributed by atoms with Crippen LogP contribution < -0.4 is 9.64 Å². The van der Waals surface area contributed by atoms with E-state index >= 15 is 0 Å². The third-order valence-corrected chi connectivity index (χ3v) is 5.85. The summed E-state index contributed by atoms with van der Waals surface area (Å²) in [4.78, 5) is 20.9. The summed E-state index contributed by atoms with van der Waals surface area (Å²) in [5.74, 6) is 1.98. The molecule has 1 saturated heterocycles. The van der Waals surface area contributed by atoms with Gasteiger partial charge in [0.1, 0.15) is 5.75 Å². The summed E-state index contributed by atoms with van der Waals surface area (Å²) < 4.78 is 7.90. The van der Waals surface area contributed by atoms with Crippen molar-refractivity contribution in [3.8, 4) is 5.75 Å². The molecule has 1 aromatic carbocycles. The monoisotopic (exact) mass is 539 g/mol. The van der Waals surface area contributed by atoms with Gasteiger partial charge >= 0.3 is 0 Å². The van der Waals surface area contributed by atoms with Gasteiger partial charge in [0.15, 0.2) is 5.82 Å². The van der Waals surface area contributed by atoms with Gasteiger partial charge in [0.25, 0.3) is 0 Å². The van der Waals surface area contributed by atoms with Gasteiger partial charge in [-0.1, -0.05) is 25.4 Å². The Morgan fingerprint density at radius 2 is 1.80 bits per heavy atom. The smallest absolute Gasteiger partial charge is 0.242 e. The van der Waals surface area contributed by atoms with Gasteiger partial charge in [0, 0.05) is 54.4 Å². The summed E-state index contributed by atoms with van der Waals surface area (Å²) in [7, 11) is 0. The second-order valence-corrected chi connectivity index (χ2v) is 9.31. The average molecular weight is 541 g/mol. The second kappa shape index (κ2) is 13.1. The molecule has 1 aliphatic heterocycles. The molecule has 10 heteroatoms. The lowest BCUT2D eigenvalue weighted by Gasteiger charge is -2.33. The number of benzene rings is 1. The number of rotatable bonds is 8. The standard InChI is InChI=1S/C25H30ClN5O2.2ClH/c1-18(2)17-33-23-5-4-22(26)13-21(23)15-31-19(3)12-24(28-31)30-11-10-29(16-25(30)32)14-20-6-8-27-9-7-20;;/h4-9,12-13,18H,10-11,14-17H2,1-3H3;2*1H. The minimum absolute atomic E-state index is 0. The summed E-state index contributed by atoms with van der Waals surface area (Å²) in [6.07, 6.45) is 3.56. The maximum atomic E-state index is 12.9. The first kappa shape index (κ1) is 28.9. The molecule has 0 saturated carbocycles. The number of aromatic nitrogens is 3. The Morgan fingerprint density at radius 1 is 1.06 bits per heavy atom. The van der Waals surface area contributed by atoms with Crippen molar-refractivity contribution in [2.24, 2.45) is 5.92 Å². The highest BCUT2D eigenvalue weighted by Crippen LogP contribution is 2.26. The van der Waals surface area contributed by atoms with Gasteiger partial charge in [0.05, 0.1) is 19.7 Å². The Morgan fingerprint density at radius 3 is 2.49 bits per heavy atom. The Balaban J connectivity index is 0.00000216. The van der Waals surface area contributed by atoms with Crippen LogP contribution in [0.25, 0.3) is 0 Å². The molecule has 1 amide bonds. The molecule has 3 aromatic rings. The van der Waals surface area contributed by atoms with E-state index in [0.717, 1.165) is 35.7 Å². The van der Waals surface area contributed by atoms with E-state index in [1.165, 1.54) is 0 Å². The minimum Gasteiger partial charge on any atom is -0.493 e. The second-order valence-electron chi connectivity index (χ2n) is 8.87. The van der Waals surface area contributed by atoms with Crippen molar-refractivity contribution in [2.45, 2.75) is 33.9 Å². The largest absolute Gasteiger partial charge is 0.493 e. The Bertz CT molecular complexity index is 1110. The Hall–Kier alpha value is -2.32. The highest BCUT2D eigenvalue weighted by Gasteiger charge is 2.27. The van der Waals surface area contributed by atoms with Gasteiger partial charge in [0.2, 0.25) is 5.91 Å². The molecular formula is C25H32Cl3N5O2. The van der Waals surface area contributed by atoms with Gasteiger partial charge < -0.3 is 4.74 Å². The topological polar surface area (TPSA) is 63.5 Å². The van der Waals surface area contributed by atoms with Crippen molar-refractivity contribution in [1.82, 2.24) is 19.7 Å². The molecule has 0 spiro atoms. The van der Waals surface area contributed by atoms with Crippen LogP contribution >= 0.6 is 36.4 Å². The van der Waals surface area contributed by atoms with Gasteiger partial charge in [-0.3, -0.25) is 24.3 Å². The third kappa shape index (κ3) is 7.58. The first-order chi connectivity index (χ1) is 15.9. The molecular weight excluding hydrogens is 509 g/mol. The van der Waals surface area contributed by atoms with E-state index in [2.05, 4.69) is 23.7 Å². The molecule has 0 aliphatic carbocycles. The van der Waals surface area contributed by atoms with Crippen LogP contribution in [0.15, 0.2) is 48.8 Å². The first-order valence-electron chi connectivity index (χ1n) is 11.3. The van der Waals surface area contributed by atoms with Gasteiger partial charge in [-0.05, 0) is 48.7 Å². The lowest BCUT2D eigenvalue weighted by molar-refractivity contribution is -0.121. The van der Waals surface area contributed by atoms with Crippen molar-refractivity contribution in [2.75, 3.05) is 31.1 Å². The van der Waals surface area contributed by atoms with Crippen molar-refractivity contribution >= 4 is 48.1 Å². The number of pyridine rings is 1. The van der Waals surface area contributed by atoms with E-state index in [1.54, 1.807) is 17.3 Å². The Kier molecular flexibility index (Phi) is 10.8. The number of anilines is 1. The molecule has 0 atom stereocenters. The van der Waals surface area contributed by atoms with E-state index in [1.807, 2.05) is 48.0 Å². The van der Waals surface area contributed by atoms with Crippen LogP contribution in [0.3, 0.4) is 0 Å². The van der Waals surface area contributed by atoms with Crippen molar-refractivity contribution < 1.29 is 9.53 Å². The molecule has 1 fully saturated rings. The molecule has 4 rings (SSSR count). The number of ether oxygens (including phenoxy) is 1. The van der Waals surface area contributed by atoms with E-state index in [-0.39, 0.29) is 30.7 Å². The summed E-state index contributed by atoms with van der Waals surface area (Å²) in [6, 6.07) is 11.6. The lowest BCUT2D eigenvalue weighted by Crippen LogP contribution is -2.50. The SMILES string of the molecule is Cc1cc(N2CCN(Cc3ccncc3)CC2=O)nn1Cc1cc(Cl)ccc1OCC(C)C.Cl.Cl. The molecule has 0 bridgehead atoms. The highest BCUT2D eigenvalue weighted by molar-refractivity contribution is 6.30. The minimum atomic E-state index is 0. The van der Waals surface area contributed by atoms with E-state index in [9.17, 15) is 4.79 Å². The zero-order valence-electron chi connectivity index (χ0n) is 20.2. The maximum absolute atomic E-state index is 12.9. The fourth-order valence-corrected chi connectivity index (χ4v) is 4.06. The zero-order chi connectivity index (χ0) is 23.4. The number of halogens is 3. The molecule has 0 N–H and O–H groups in total. The van der Waals surface area contributed by atoms with Crippen LogP contribution in [-0.4, -0.2) is 51.8 Å².